The van der Waals surface area contributed by atoms with E-state index in [-0.39, 0.29) is 17.3 Å². The summed E-state index contributed by atoms with van der Waals surface area (Å²) in [5.74, 6) is -3.70. The van der Waals surface area contributed by atoms with E-state index in [1.807, 2.05) is 6.92 Å². The monoisotopic (exact) mass is 448 g/mol. The van der Waals surface area contributed by atoms with E-state index in [9.17, 15) is 19.2 Å². The predicted octanol–water partition coefficient (Wildman–Crippen LogP) is 1.94. The van der Waals surface area contributed by atoms with E-state index in [4.69, 9.17) is 23.7 Å². The fourth-order valence-electron chi connectivity index (χ4n) is 3.98. The Morgan fingerprint density at radius 3 is 2.47 bits per heavy atom. The Labute approximate surface area is 186 Å². The van der Waals surface area contributed by atoms with Crippen LogP contribution in [0.3, 0.4) is 0 Å². The molecule has 9 heteroatoms. The molecule has 0 saturated carbocycles. The molecule has 2 aliphatic heterocycles. The molecule has 32 heavy (non-hydrogen) atoms. The van der Waals surface area contributed by atoms with Gasteiger partial charge in [0.15, 0.2) is 17.8 Å². The van der Waals surface area contributed by atoms with Crippen molar-refractivity contribution < 1.29 is 42.9 Å². The average molecular weight is 448 g/mol. The van der Waals surface area contributed by atoms with Crippen molar-refractivity contribution >= 4 is 23.9 Å². The molecular formula is C23H28O9. The highest BCUT2D eigenvalue weighted by Crippen LogP contribution is 2.41. The van der Waals surface area contributed by atoms with Crippen LogP contribution in [0.25, 0.3) is 0 Å². The zero-order chi connectivity index (χ0) is 23.8. The van der Waals surface area contributed by atoms with Gasteiger partial charge < -0.3 is 23.7 Å². The van der Waals surface area contributed by atoms with E-state index < -0.39 is 53.7 Å². The van der Waals surface area contributed by atoms with E-state index in [2.05, 4.69) is 6.58 Å². The molecule has 3 rings (SSSR count). The van der Waals surface area contributed by atoms with Crippen molar-refractivity contribution in [3.05, 3.63) is 35.5 Å². The Morgan fingerprint density at radius 1 is 1.25 bits per heavy atom. The minimum atomic E-state index is -1.34. The van der Waals surface area contributed by atoms with Crippen molar-refractivity contribution in [2.24, 2.45) is 5.92 Å². The van der Waals surface area contributed by atoms with Crippen LogP contribution in [0, 0.1) is 5.92 Å². The van der Waals surface area contributed by atoms with Gasteiger partial charge in [0, 0.05) is 12.5 Å². The summed E-state index contributed by atoms with van der Waals surface area (Å²) in [5.41, 5.74) is -0.216. The third-order valence-electron chi connectivity index (χ3n) is 6.07. The Kier molecular flexibility index (Phi) is 6.59. The quantitative estimate of drug-likeness (QED) is 0.209. The van der Waals surface area contributed by atoms with Crippen LogP contribution < -0.4 is 0 Å². The molecule has 0 aromatic heterocycles. The van der Waals surface area contributed by atoms with Gasteiger partial charge in [-0.05, 0) is 39.7 Å². The number of allylic oxidation sites excluding steroid dienone is 2. The number of hydrogen-bond donors (Lipinski definition) is 0. The summed E-state index contributed by atoms with van der Waals surface area (Å²) in [6.07, 6.45) is 0.540. The summed E-state index contributed by atoms with van der Waals surface area (Å²) in [7, 11) is 1.20. The molecule has 3 aliphatic rings. The Bertz CT molecular complexity index is 914. The smallest absolute Gasteiger partial charge is 0.341 e. The zero-order valence-electron chi connectivity index (χ0n) is 18.8. The molecule has 9 nitrogen and oxygen atoms in total. The number of ether oxygens (including phenoxy) is 5. The summed E-state index contributed by atoms with van der Waals surface area (Å²) in [6.45, 7) is 10.2. The van der Waals surface area contributed by atoms with Gasteiger partial charge in [-0.15, -0.1) is 0 Å². The maximum absolute atomic E-state index is 13.0. The molecule has 0 aromatic carbocycles. The number of carbonyl (C=O) groups is 4. The maximum Gasteiger partial charge on any atom is 0.341 e. The minimum Gasteiger partial charge on any atom is -0.466 e. The van der Waals surface area contributed by atoms with Crippen LogP contribution in [0.1, 0.15) is 40.5 Å². The number of epoxide rings is 1. The van der Waals surface area contributed by atoms with Gasteiger partial charge in [0.25, 0.3) is 0 Å². The van der Waals surface area contributed by atoms with Crippen molar-refractivity contribution in [3.63, 3.8) is 0 Å². The molecule has 2 heterocycles. The van der Waals surface area contributed by atoms with Crippen molar-refractivity contribution in [2.45, 2.75) is 70.6 Å². The van der Waals surface area contributed by atoms with Gasteiger partial charge in [0.2, 0.25) is 0 Å². The van der Waals surface area contributed by atoms with Gasteiger partial charge >= 0.3 is 23.9 Å². The van der Waals surface area contributed by atoms with Crippen molar-refractivity contribution in [3.8, 4) is 0 Å². The molecule has 2 fully saturated rings. The first-order chi connectivity index (χ1) is 15.0. The highest BCUT2D eigenvalue weighted by molar-refractivity contribution is 5.93. The number of hydrogen-bond acceptors (Lipinski definition) is 9. The van der Waals surface area contributed by atoms with Crippen LogP contribution in [0.5, 0.6) is 0 Å². The predicted molar refractivity (Wildman–Crippen MR) is 110 cm³/mol. The van der Waals surface area contributed by atoms with E-state index in [0.717, 1.165) is 5.57 Å². The van der Waals surface area contributed by atoms with Crippen molar-refractivity contribution in [2.75, 3.05) is 7.11 Å². The first-order valence-corrected chi connectivity index (χ1v) is 10.4. The Morgan fingerprint density at radius 2 is 1.91 bits per heavy atom. The lowest BCUT2D eigenvalue weighted by Crippen LogP contribution is -2.47. The largest absolute Gasteiger partial charge is 0.466 e. The van der Waals surface area contributed by atoms with Gasteiger partial charge in [0.05, 0.1) is 24.7 Å². The minimum absolute atomic E-state index is 0.0102. The molecule has 6 atom stereocenters. The summed E-state index contributed by atoms with van der Waals surface area (Å²) < 4.78 is 27.1. The van der Waals surface area contributed by atoms with Crippen LogP contribution in [-0.4, -0.2) is 61.0 Å². The van der Waals surface area contributed by atoms with E-state index in [0.29, 0.717) is 12.8 Å². The van der Waals surface area contributed by atoms with E-state index >= 15 is 0 Å². The second kappa shape index (κ2) is 8.90. The maximum atomic E-state index is 13.0. The SMILES string of the molecule is C=C1C(=O)O[C@@H]2/C=C(/C)CC/C=C(/C(=O)OC)[C@H](OC(C)=O)[C@@H](OC(=O)[C@]3(C)O[C@H]3C)[C@@H]12. The number of esters is 4. The first-order valence-electron chi connectivity index (χ1n) is 10.4. The molecule has 0 bridgehead atoms. The second-order valence-electron chi connectivity index (χ2n) is 8.39. The van der Waals surface area contributed by atoms with Crippen LogP contribution in [0.15, 0.2) is 35.5 Å². The highest BCUT2D eigenvalue weighted by Gasteiger charge is 2.59. The fraction of sp³-hybridized carbons (Fsp3) is 0.565. The normalized spacial score (nSPS) is 37.6. The molecular weight excluding hydrogens is 420 g/mol. The number of carbonyl (C=O) groups excluding carboxylic acids is 4. The lowest BCUT2D eigenvalue weighted by Gasteiger charge is -2.33. The topological polar surface area (TPSA) is 118 Å². The van der Waals surface area contributed by atoms with Gasteiger partial charge in [-0.2, -0.15) is 0 Å². The molecule has 2 saturated heterocycles. The van der Waals surface area contributed by atoms with Crippen LogP contribution in [0.4, 0.5) is 0 Å². The van der Waals surface area contributed by atoms with E-state index in [1.54, 1.807) is 26.0 Å². The van der Waals surface area contributed by atoms with Gasteiger partial charge in [-0.1, -0.05) is 18.2 Å². The first kappa shape index (κ1) is 23.7. The standard InChI is InChI=1S/C23H28O9/c1-11-8-7-9-15(21(26)28-6)18(29-14(4)24)19(31-22(27)23(5)13(3)32-23)17-12(2)20(25)30-16(17)10-11/h9-10,13,16-19H,2,7-8H2,1,3-6H3/b11-10-,15-9+/t13-,16+,17-,18-,19-,23+/m0/s1. The lowest BCUT2D eigenvalue weighted by atomic mass is 9.83. The summed E-state index contributed by atoms with van der Waals surface area (Å²) in [4.78, 5) is 50.0. The molecule has 174 valence electrons. The van der Waals surface area contributed by atoms with Crippen LogP contribution >= 0.6 is 0 Å². The van der Waals surface area contributed by atoms with Crippen molar-refractivity contribution in [1.29, 1.82) is 0 Å². The number of fused-ring (bicyclic) bond motifs is 1. The van der Waals surface area contributed by atoms with Crippen LogP contribution in [-0.2, 0) is 42.9 Å². The molecule has 0 spiro atoms. The summed E-state index contributed by atoms with van der Waals surface area (Å²) in [6, 6.07) is 0. The molecule has 0 aromatic rings. The average Bonchev–Trinajstić information content (AvgIpc) is 3.25. The van der Waals surface area contributed by atoms with Crippen LogP contribution in [0.2, 0.25) is 0 Å². The van der Waals surface area contributed by atoms with Crippen molar-refractivity contribution in [1.82, 2.24) is 0 Å². The van der Waals surface area contributed by atoms with Gasteiger partial charge in [-0.25, -0.2) is 14.4 Å². The highest BCUT2D eigenvalue weighted by atomic mass is 16.7. The molecule has 0 amide bonds. The molecule has 0 radical (unpaired) electrons. The van der Waals surface area contributed by atoms with Gasteiger partial charge in [0.1, 0.15) is 6.10 Å². The van der Waals surface area contributed by atoms with E-state index in [1.165, 1.54) is 14.0 Å². The lowest BCUT2D eigenvalue weighted by molar-refractivity contribution is -0.173. The summed E-state index contributed by atoms with van der Waals surface area (Å²) in [5, 5.41) is 0. The summed E-state index contributed by atoms with van der Waals surface area (Å²) >= 11 is 0. The third kappa shape index (κ3) is 4.48. The molecule has 1 aliphatic carbocycles. The van der Waals surface area contributed by atoms with Gasteiger partial charge in [-0.3, -0.25) is 4.79 Å². The number of methoxy groups -OCH3 is 1. The molecule has 0 unspecified atom stereocenters. The second-order valence-corrected chi connectivity index (χ2v) is 8.39. The zero-order valence-corrected chi connectivity index (χ0v) is 18.8. The Balaban J connectivity index is 2.14. The Hall–Kier alpha value is -2.94. The number of rotatable bonds is 4. The fourth-order valence-corrected chi connectivity index (χ4v) is 3.98. The third-order valence-corrected chi connectivity index (χ3v) is 6.07. The molecule has 0 N–H and O–H groups in total.